The van der Waals surface area contributed by atoms with Crippen molar-refractivity contribution in [2.45, 2.75) is 5.41 Å². The Morgan fingerprint density at radius 3 is 1.69 bits per heavy atom. The number of para-hydroxylation sites is 2. The summed E-state index contributed by atoms with van der Waals surface area (Å²) >= 11 is 0. The van der Waals surface area contributed by atoms with Crippen LogP contribution in [0.4, 0.5) is 17.1 Å². The molecule has 0 saturated carbocycles. The van der Waals surface area contributed by atoms with Gasteiger partial charge >= 0.3 is 0 Å². The molecule has 0 bridgehead atoms. The molecule has 2 aliphatic carbocycles. The Bertz CT molecular complexity index is 3510. The van der Waals surface area contributed by atoms with E-state index in [1.807, 2.05) is 0 Å². The van der Waals surface area contributed by atoms with E-state index in [2.05, 4.69) is 229 Å². The lowest BCUT2D eigenvalue weighted by Crippen LogP contribution is -2.26. The highest BCUT2D eigenvalue weighted by molar-refractivity contribution is 6.13. The van der Waals surface area contributed by atoms with Crippen molar-refractivity contribution >= 4 is 49.8 Å². The second-order valence-electron chi connectivity index (χ2n) is 16.3. The predicted octanol–water partition coefficient (Wildman–Crippen LogP) is 15.9. The monoisotopic (exact) mass is 775 g/mol. The van der Waals surface area contributed by atoms with E-state index in [1.165, 1.54) is 66.4 Å². The molecule has 13 rings (SSSR count). The zero-order valence-corrected chi connectivity index (χ0v) is 33.2. The molecule has 0 N–H and O–H groups in total. The van der Waals surface area contributed by atoms with Gasteiger partial charge in [0.25, 0.3) is 0 Å². The first kappa shape index (κ1) is 34.0. The summed E-state index contributed by atoms with van der Waals surface area (Å²) in [7, 11) is 0. The second-order valence-corrected chi connectivity index (χ2v) is 16.3. The van der Waals surface area contributed by atoms with Gasteiger partial charge in [-0.15, -0.1) is 0 Å². The summed E-state index contributed by atoms with van der Waals surface area (Å²) in [6.45, 7) is 0. The molecule has 10 aromatic carbocycles. The largest absolute Gasteiger partial charge is 0.454 e. The van der Waals surface area contributed by atoms with Crippen LogP contribution in [0.15, 0.2) is 229 Å². The maximum atomic E-state index is 7.04. The molecule has 0 aliphatic heterocycles. The normalized spacial score (nSPS) is 13.0. The molecule has 0 radical (unpaired) electrons. The fraction of sp³-hybridized carbons (Fsp3) is 0.0169. The minimum absolute atomic E-state index is 0.474. The van der Waals surface area contributed by atoms with Gasteiger partial charge < -0.3 is 9.32 Å². The Balaban J connectivity index is 1.12. The third kappa shape index (κ3) is 4.79. The molecule has 1 aromatic heterocycles. The van der Waals surface area contributed by atoms with Crippen molar-refractivity contribution in [2.24, 2.45) is 0 Å². The van der Waals surface area contributed by atoms with Gasteiger partial charge in [0.2, 0.25) is 0 Å². The molecule has 61 heavy (non-hydrogen) atoms. The highest BCUT2D eigenvalue weighted by Gasteiger charge is 2.52. The summed E-state index contributed by atoms with van der Waals surface area (Å²) in [4.78, 5) is 2.48. The maximum absolute atomic E-state index is 7.04. The van der Waals surface area contributed by atoms with Gasteiger partial charge in [-0.05, 0) is 103 Å². The Labute approximate surface area is 354 Å². The number of fused-ring (bicyclic) bond motifs is 14. The van der Waals surface area contributed by atoms with Crippen LogP contribution < -0.4 is 4.90 Å². The van der Waals surface area contributed by atoms with Gasteiger partial charge in [0.05, 0.1) is 22.5 Å². The Morgan fingerprint density at radius 1 is 0.328 bits per heavy atom. The first-order valence-electron chi connectivity index (χ1n) is 21.1. The molecule has 0 saturated heterocycles. The van der Waals surface area contributed by atoms with Crippen LogP contribution >= 0.6 is 0 Å². The molecule has 284 valence electrons. The fourth-order valence-electron chi connectivity index (χ4n) is 10.7. The lowest BCUT2D eigenvalue weighted by Gasteiger charge is -2.32. The number of hydrogen-bond donors (Lipinski definition) is 0. The van der Waals surface area contributed by atoms with E-state index in [-0.39, 0.29) is 0 Å². The summed E-state index contributed by atoms with van der Waals surface area (Å²) in [6.07, 6.45) is 0. The van der Waals surface area contributed by atoms with Crippen LogP contribution in [0.25, 0.3) is 77.2 Å². The summed E-state index contributed by atoms with van der Waals surface area (Å²) in [6, 6.07) is 82.2. The van der Waals surface area contributed by atoms with Crippen LogP contribution in [0.2, 0.25) is 0 Å². The van der Waals surface area contributed by atoms with E-state index in [0.717, 1.165) is 50.1 Å². The van der Waals surface area contributed by atoms with Gasteiger partial charge in [-0.25, -0.2) is 0 Å². The fourth-order valence-corrected chi connectivity index (χ4v) is 10.7. The zero-order valence-electron chi connectivity index (χ0n) is 33.2. The van der Waals surface area contributed by atoms with Crippen molar-refractivity contribution in [3.63, 3.8) is 0 Å². The summed E-state index contributed by atoms with van der Waals surface area (Å²) in [5, 5.41) is 4.62. The lowest BCUT2D eigenvalue weighted by atomic mass is 9.70. The van der Waals surface area contributed by atoms with E-state index < -0.39 is 5.41 Å². The third-order valence-electron chi connectivity index (χ3n) is 13.3. The first-order valence-corrected chi connectivity index (χ1v) is 21.1. The topological polar surface area (TPSA) is 16.4 Å². The highest BCUT2D eigenvalue weighted by Crippen LogP contribution is 2.65. The Kier molecular flexibility index (Phi) is 7.26. The number of nitrogens with zero attached hydrogens (tertiary/aromatic N) is 1. The first-order chi connectivity index (χ1) is 30.3. The molecule has 0 unspecified atom stereocenters. The van der Waals surface area contributed by atoms with E-state index >= 15 is 0 Å². The highest BCUT2D eigenvalue weighted by atomic mass is 16.3. The zero-order chi connectivity index (χ0) is 40.1. The predicted molar refractivity (Wildman–Crippen MR) is 253 cm³/mol. The van der Waals surface area contributed by atoms with Gasteiger partial charge in [0, 0.05) is 21.9 Å². The lowest BCUT2D eigenvalue weighted by molar-refractivity contribution is 0.669. The van der Waals surface area contributed by atoms with Crippen LogP contribution in [0.1, 0.15) is 22.3 Å². The number of hydrogen-bond acceptors (Lipinski definition) is 2. The van der Waals surface area contributed by atoms with Crippen molar-refractivity contribution < 1.29 is 4.42 Å². The smallest absolute Gasteiger partial charge is 0.159 e. The summed E-state index contributed by atoms with van der Waals surface area (Å²) < 4.78 is 7.04. The number of rotatable bonds is 5. The van der Waals surface area contributed by atoms with Crippen LogP contribution in [0.3, 0.4) is 0 Å². The average Bonchev–Trinajstić information content (AvgIpc) is 3.97. The Morgan fingerprint density at radius 2 is 0.902 bits per heavy atom. The molecule has 2 aliphatic rings. The third-order valence-corrected chi connectivity index (χ3v) is 13.3. The quantitative estimate of drug-likeness (QED) is 0.173. The number of benzene rings is 10. The molecule has 0 amide bonds. The number of anilines is 3. The van der Waals surface area contributed by atoms with Gasteiger partial charge in [-0.2, -0.15) is 0 Å². The molecule has 1 heterocycles. The average molecular weight is 776 g/mol. The van der Waals surface area contributed by atoms with Gasteiger partial charge in [-0.1, -0.05) is 188 Å². The molecular weight excluding hydrogens is 739 g/mol. The van der Waals surface area contributed by atoms with E-state index in [9.17, 15) is 0 Å². The van der Waals surface area contributed by atoms with Crippen LogP contribution in [-0.2, 0) is 5.41 Å². The summed E-state index contributed by atoms with van der Waals surface area (Å²) in [5.41, 5.74) is 19.4. The number of furan rings is 1. The SMILES string of the molecule is c1ccc(-c2ccc3oc4c(N(c5ccccc5-c5ccc6ccccc6c5)c5cccc6c5-c5ccccc5C65c6ccccc6-c6ccccc65)cccc4c3c2)cc1. The minimum atomic E-state index is -0.474. The second kappa shape index (κ2) is 13.0. The van der Waals surface area contributed by atoms with E-state index in [1.54, 1.807) is 0 Å². The van der Waals surface area contributed by atoms with Crippen LogP contribution in [0, 0.1) is 0 Å². The van der Waals surface area contributed by atoms with Crippen LogP contribution in [-0.4, -0.2) is 0 Å². The summed E-state index contributed by atoms with van der Waals surface area (Å²) in [5.74, 6) is 0. The standard InChI is InChI=1S/C59H37NO/c1-2-16-38(17-3-1)41-34-35-56-48(37-41)46-24-14-31-55(58(46)61-56)60(53-29-13-9-20-43(53)42-33-32-39-18-4-5-19-40(39)36-42)54-30-15-28-52-57(54)47-23-8-12-27-51(47)59(52)49-25-10-6-21-44(49)45-22-7-11-26-50(45)59/h1-37H. The van der Waals surface area contributed by atoms with Crippen molar-refractivity contribution in [3.8, 4) is 44.5 Å². The maximum Gasteiger partial charge on any atom is 0.159 e. The van der Waals surface area contributed by atoms with Crippen molar-refractivity contribution in [1.29, 1.82) is 0 Å². The molecule has 0 fully saturated rings. The molecular formula is C59H37NO. The molecule has 1 spiro atoms. The molecule has 0 atom stereocenters. The molecule has 2 heteroatoms. The van der Waals surface area contributed by atoms with Crippen molar-refractivity contribution in [2.75, 3.05) is 4.90 Å². The Hall–Kier alpha value is -7.94. The van der Waals surface area contributed by atoms with Gasteiger partial charge in [0.15, 0.2) is 5.58 Å². The van der Waals surface area contributed by atoms with Crippen molar-refractivity contribution in [1.82, 2.24) is 0 Å². The van der Waals surface area contributed by atoms with Crippen molar-refractivity contribution in [3.05, 3.63) is 247 Å². The van der Waals surface area contributed by atoms with Crippen LogP contribution in [0.5, 0.6) is 0 Å². The van der Waals surface area contributed by atoms with E-state index in [4.69, 9.17) is 4.42 Å². The van der Waals surface area contributed by atoms with E-state index in [0.29, 0.717) is 0 Å². The van der Waals surface area contributed by atoms with Gasteiger partial charge in [-0.3, -0.25) is 0 Å². The molecule has 11 aromatic rings. The molecule has 2 nitrogen and oxygen atoms in total. The minimum Gasteiger partial charge on any atom is -0.454 e. The van der Waals surface area contributed by atoms with Gasteiger partial charge in [0.1, 0.15) is 5.58 Å².